The maximum Gasteiger partial charge on any atom is 0.262 e. The van der Waals surface area contributed by atoms with Crippen molar-refractivity contribution in [3.63, 3.8) is 0 Å². The number of anilines is 1. The minimum Gasteiger partial charge on any atom is -0.482 e. The first-order valence-electron chi connectivity index (χ1n) is 5.64. The SMILES string of the molecule is Cc1nc(-c2ccc3c(c2)NC(=O)CO3)sc1C. The number of amides is 1. The molecule has 4 nitrogen and oxygen atoms in total. The highest BCUT2D eigenvalue weighted by molar-refractivity contribution is 7.15. The Hall–Kier alpha value is -1.88. The van der Waals surface area contributed by atoms with Gasteiger partial charge in [-0.3, -0.25) is 4.79 Å². The first-order valence-corrected chi connectivity index (χ1v) is 6.46. The third kappa shape index (κ3) is 1.86. The molecule has 1 aliphatic rings. The van der Waals surface area contributed by atoms with Gasteiger partial charge in [-0.15, -0.1) is 11.3 Å². The van der Waals surface area contributed by atoms with Crippen LogP contribution in [0, 0.1) is 13.8 Å². The molecule has 1 aromatic heterocycles. The lowest BCUT2D eigenvalue weighted by Crippen LogP contribution is -2.25. The summed E-state index contributed by atoms with van der Waals surface area (Å²) < 4.78 is 5.33. The number of carbonyl (C=O) groups excluding carboxylic acids is 1. The standard InChI is InChI=1S/C13H12N2O2S/c1-7-8(2)18-13(14-7)9-3-4-11-10(5-9)15-12(16)6-17-11/h3-5H,6H2,1-2H3,(H,15,16). The zero-order chi connectivity index (χ0) is 12.7. The molecule has 2 aromatic rings. The van der Waals surface area contributed by atoms with E-state index in [-0.39, 0.29) is 12.5 Å². The maximum absolute atomic E-state index is 11.3. The molecule has 0 unspecified atom stereocenters. The Kier molecular flexibility index (Phi) is 2.56. The lowest BCUT2D eigenvalue weighted by Gasteiger charge is -2.18. The van der Waals surface area contributed by atoms with Crippen LogP contribution in [-0.2, 0) is 4.79 Å². The number of hydrogen-bond donors (Lipinski definition) is 1. The molecule has 92 valence electrons. The number of carbonyl (C=O) groups is 1. The molecule has 1 N–H and O–H groups in total. The molecule has 0 saturated carbocycles. The van der Waals surface area contributed by atoms with Crippen molar-refractivity contribution in [2.75, 3.05) is 11.9 Å². The monoisotopic (exact) mass is 260 g/mol. The number of thiazole rings is 1. The predicted octanol–water partition coefficient (Wildman–Crippen LogP) is 2.76. The van der Waals surface area contributed by atoms with Crippen LogP contribution >= 0.6 is 11.3 Å². The second-order valence-electron chi connectivity index (χ2n) is 4.21. The van der Waals surface area contributed by atoms with Crippen LogP contribution < -0.4 is 10.1 Å². The Morgan fingerprint density at radius 1 is 1.39 bits per heavy atom. The van der Waals surface area contributed by atoms with Crippen molar-refractivity contribution in [3.05, 3.63) is 28.8 Å². The normalized spacial score (nSPS) is 13.8. The van der Waals surface area contributed by atoms with Gasteiger partial charge in [-0.1, -0.05) is 0 Å². The average molecular weight is 260 g/mol. The van der Waals surface area contributed by atoms with Crippen LogP contribution in [0.4, 0.5) is 5.69 Å². The molecule has 0 fully saturated rings. The molecule has 0 saturated heterocycles. The molecular formula is C13H12N2O2S. The van der Waals surface area contributed by atoms with Crippen LogP contribution in [0.25, 0.3) is 10.6 Å². The van der Waals surface area contributed by atoms with E-state index in [0.717, 1.165) is 16.3 Å². The Morgan fingerprint density at radius 2 is 2.22 bits per heavy atom. The highest BCUT2D eigenvalue weighted by atomic mass is 32.1. The first kappa shape index (κ1) is 11.2. The molecule has 0 atom stereocenters. The summed E-state index contributed by atoms with van der Waals surface area (Å²) in [6.07, 6.45) is 0. The predicted molar refractivity (Wildman–Crippen MR) is 71.1 cm³/mol. The number of nitrogens with one attached hydrogen (secondary N) is 1. The van der Waals surface area contributed by atoms with Gasteiger partial charge in [0.1, 0.15) is 10.8 Å². The number of ether oxygens (including phenoxy) is 1. The number of fused-ring (bicyclic) bond motifs is 1. The highest BCUT2D eigenvalue weighted by Crippen LogP contribution is 2.34. The Balaban J connectivity index is 2.04. The van der Waals surface area contributed by atoms with Crippen LogP contribution in [0.1, 0.15) is 10.6 Å². The minimum atomic E-state index is -0.119. The van der Waals surface area contributed by atoms with Crippen molar-refractivity contribution < 1.29 is 9.53 Å². The van der Waals surface area contributed by atoms with Crippen molar-refractivity contribution >= 4 is 22.9 Å². The molecular weight excluding hydrogens is 248 g/mol. The van der Waals surface area contributed by atoms with E-state index in [1.54, 1.807) is 11.3 Å². The molecule has 1 amide bonds. The second kappa shape index (κ2) is 4.10. The Labute approximate surface area is 109 Å². The van der Waals surface area contributed by atoms with Gasteiger partial charge in [-0.25, -0.2) is 4.98 Å². The fraction of sp³-hybridized carbons (Fsp3) is 0.231. The largest absolute Gasteiger partial charge is 0.482 e. The topological polar surface area (TPSA) is 51.2 Å². The first-order chi connectivity index (χ1) is 8.63. The van der Waals surface area contributed by atoms with Gasteiger partial charge in [0, 0.05) is 10.4 Å². The smallest absolute Gasteiger partial charge is 0.262 e. The van der Waals surface area contributed by atoms with Crippen molar-refractivity contribution in [1.29, 1.82) is 0 Å². The number of aryl methyl sites for hydroxylation is 2. The third-order valence-corrected chi connectivity index (χ3v) is 4.01. The summed E-state index contributed by atoms with van der Waals surface area (Å²) in [4.78, 5) is 17.0. The molecule has 0 aliphatic carbocycles. The maximum atomic E-state index is 11.3. The number of nitrogens with zero attached hydrogens (tertiary/aromatic N) is 1. The van der Waals surface area contributed by atoms with Crippen LogP contribution in [-0.4, -0.2) is 17.5 Å². The second-order valence-corrected chi connectivity index (χ2v) is 5.41. The van der Waals surface area contributed by atoms with E-state index in [0.29, 0.717) is 11.4 Å². The molecule has 2 heterocycles. The van der Waals surface area contributed by atoms with Crippen LogP contribution in [0.3, 0.4) is 0 Å². The zero-order valence-corrected chi connectivity index (χ0v) is 10.9. The van der Waals surface area contributed by atoms with E-state index in [2.05, 4.69) is 17.2 Å². The minimum absolute atomic E-state index is 0.0851. The summed E-state index contributed by atoms with van der Waals surface area (Å²) in [6, 6.07) is 5.74. The highest BCUT2D eigenvalue weighted by Gasteiger charge is 2.17. The summed E-state index contributed by atoms with van der Waals surface area (Å²) in [6.45, 7) is 4.14. The van der Waals surface area contributed by atoms with E-state index >= 15 is 0 Å². The van der Waals surface area contributed by atoms with Crippen molar-refractivity contribution in [2.24, 2.45) is 0 Å². The molecule has 3 rings (SSSR count). The van der Waals surface area contributed by atoms with E-state index < -0.39 is 0 Å². The van der Waals surface area contributed by atoms with Gasteiger partial charge in [0.25, 0.3) is 5.91 Å². The molecule has 18 heavy (non-hydrogen) atoms. The van der Waals surface area contributed by atoms with Crippen LogP contribution in [0.2, 0.25) is 0 Å². The van der Waals surface area contributed by atoms with Gasteiger partial charge in [0.2, 0.25) is 0 Å². The average Bonchev–Trinajstić information content (AvgIpc) is 2.69. The summed E-state index contributed by atoms with van der Waals surface area (Å²) in [5.41, 5.74) is 2.77. The molecule has 1 aromatic carbocycles. The third-order valence-electron chi connectivity index (χ3n) is 2.89. The van der Waals surface area contributed by atoms with Crippen molar-refractivity contribution in [1.82, 2.24) is 4.98 Å². The Morgan fingerprint density at radius 3 is 2.94 bits per heavy atom. The number of rotatable bonds is 1. The van der Waals surface area contributed by atoms with Crippen molar-refractivity contribution in [3.8, 4) is 16.3 Å². The number of aromatic nitrogens is 1. The summed E-state index contributed by atoms with van der Waals surface area (Å²) in [5, 5.41) is 3.77. The van der Waals surface area contributed by atoms with E-state index in [1.807, 2.05) is 25.1 Å². The van der Waals surface area contributed by atoms with Crippen LogP contribution in [0.15, 0.2) is 18.2 Å². The summed E-state index contributed by atoms with van der Waals surface area (Å²) in [7, 11) is 0. The van der Waals surface area contributed by atoms with E-state index in [4.69, 9.17) is 4.74 Å². The van der Waals surface area contributed by atoms with Gasteiger partial charge < -0.3 is 10.1 Å². The summed E-state index contributed by atoms with van der Waals surface area (Å²) >= 11 is 1.65. The fourth-order valence-corrected chi connectivity index (χ4v) is 2.72. The van der Waals surface area contributed by atoms with Gasteiger partial charge in [-0.05, 0) is 32.0 Å². The van der Waals surface area contributed by atoms with Gasteiger partial charge in [-0.2, -0.15) is 0 Å². The number of hydrogen-bond acceptors (Lipinski definition) is 4. The van der Waals surface area contributed by atoms with E-state index in [9.17, 15) is 4.79 Å². The zero-order valence-electron chi connectivity index (χ0n) is 10.1. The Bertz CT molecular complexity index is 614. The quantitative estimate of drug-likeness (QED) is 0.857. The van der Waals surface area contributed by atoms with Gasteiger partial charge >= 0.3 is 0 Å². The molecule has 0 radical (unpaired) electrons. The van der Waals surface area contributed by atoms with E-state index in [1.165, 1.54) is 4.88 Å². The lowest BCUT2D eigenvalue weighted by atomic mass is 10.2. The number of benzene rings is 1. The molecule has 5 heteroatoms. The summed E-state index contributed by atoms with van der Waals surface area (Å²) in [5.74, 6) is 0.592. The lowest BCUT2D eigenvalue weighted by molar-refractivity contribution is -0.118. The van der Waals surface area contributed by atoms with Gasteiger partial charge in [0.15, 0.2) is 6.61 Å². The van der Waals surface area contributed by atoms with Gasteiger partial charge in [0.05, 0.1) is 11.4 Å². The fourth-order valence-electron chi connectivity index (χ4n) is 1.81. The molecule has 0 spiro atoms. The molecule has 1 aliphatic heterocycles. The molecule has 0 bridgehead atoms. The van der Waals surface area contributed by atoms with Crippen molar-refractivity contribution in [2.45, 2.75) is 13.8 Å². The van der Waals surface area contributed by atoms with Crippen LogP contribution in [0.5, 0.6) is 5.75 Å².